The van der Waals surface area contributed by atoms with Gasteiger partial charge in [-0.25, -0.2) is 0 Å². The van der Waals surface area contributed by atoms with E-state index < -0.39 is 7.80 Å². The molecule has 4 nitrogen and oxygen atoms in total. The van der Waals surface area contributed by atoms with Crippen LogP contribution in [-0.2, 0) is 14.1 Å². The molecule has 0 radical (unpaired) electrons. The van der Waals surface area contributed by atoms with E-state index in [1.165, 1.54) is 0 Å². The van der Waals surface area contributed by atoms with Crippen LogP contribution >= 0.6 is 7.80 Å². The molecule has 0 aromatic carbocycles. The van der Waals surface area contributed by atoms with E-state index in [4.69, 9.17) is 9.84 Å². The summed E-state index contributed by atoms with van der Waals surface area (Å²) in [6, 6.07) is 0. The molecule has 84 valence electrons. The lowest BCUT2D eigenvalue weighted by atomic mass is 10.2. The molecule has 0 aliphatic heterocycles. The third kappa shape index (κ3) is 8.27. The predicted molar refractivity (Wildman–Crippen MR) is 56.1 cm³/mol. The van der Waals surface area contributed by atoms with Crippen molar-refractivity contribution in [1.29, 1.82) is 0 Å². The van der Waals surface area contributed by atoms with Crippen LogP contribution in [0.4, 0.5) is 0 Å². The zero-order chi connectivity index (χ0) is 10.8. The molecule has 0 heterocycles. The number of carbonyl (C=O) groups is 1. The molecule has 0 saturated heterocycles. The van der Waals surface area contributed by atoms with Crippen LogP contribution in [0.3, 0.4) is 0 Å². The fourth-order valence-electron chi connectivity index (χ4n) is 1.08. The number of unbranched alkanes of at least 4 members (excludes halogenated alkanes) is 2. The number of ether oxygens (including phenoxy) is 1. The number of hydrogen-bond donors (Lipinski definition) is 1. The van der Waals surface area contributed by atoms with E-state index in [0.717, 1.165) is 19.3 Å². The van der Waals surface area contributed by atoms with E-state index in [1.54, 1.807) is 6.92 Å². The SMILES string of the molecule is CCOC(=O)CCCCC[PH](=O)CO. The molecule has 0 aromatic rings. The summed E-state index contributed by atoms with van der Waals surface area (Å²) < 4.78 is 15.6. The highest BCUT2D eigenvalue weighted by Crippen LogP contribution is 2.20. The summed E-state index contributed by atoms with van der Waals surface area (Å²) >= 11 is 0. The van der Waals surface area contributed by atoms with Gasteiger partial charge in [-0.1, -0.05) is 6.42 Å². The van der Waals surface area contributed by atoms with Crippen molar-refractivity contribution >= 4 is 13.8 Å². The second-order valence-corrected chi connectivity index (χ2v) is 4.96. The van der Waals surface area contributed by atoms with E-state index in [-0.39, 0.29) is 12.3 Å². The summed E-state index contributed by atoms with van der Waals surface area (Å²) in [5.74, 6) is -0.165. The van der Waals surface area contributed by atoms with Crippen molar-refractivity contribution in [3.63, 3.8) is 0 Å². The maximum absolute atomic E-state index is 10.9. The second-order valence-electron chi connectivity index (χ2n) is 3.06. The Kier molecular flexibility index (Phi) is 9.00. The summed E-state index contributed by atoms with van der Waals surface area (Å²) in [5.41, 5.74) is 0. The molecular weight excluding hydrogens is 203 g/mol. The smallest absolute Gasteiger partial charge is 0.305 e. The van der Waals surface area contributed by atoms with Crippen LogP contribution in [0.1, 0.15) is 32.6 Å². The van der Waals surface area contributed by atoms with Gasteiger partial charge in [0.1, 0.15) is 7.80 Å². The van der Waals surface area contributed by atoms with Crippen molar-refractivity contribution < 1.29 is 19.2 Å². The van der Waals surface area contributed by atoms with Crippen molar-refractivity contribution in [2.45, 2.75) is 32.6 Å². The van der Waals surface area contributed by atoms with Gasteiger partial charge in [-0.2, -0.15) is 0 Å². The topological polar surface area (TPSA) is 63.6 Å². The van der Waals surface area contributed by atoms with Gasteiger partial charge in [0.15, 0.2) is 0 Å². The molecule has 0 spiro atoms. The zero-order valence-corrected chi connectivity index (χ0v) is 9.62. The Morgan fingerprint density at radius 1 is 1.36 bits per heavy atom. The Hall–Kier alpha value is -0.340. The second kappa shape index (κ2) is 9.22. The summed E-state index contributed by atoms with van der Waals surface area (Å²) in [5, 5.41) is 8.51. The molecule has 0 rings (SSSR count). The third-order valence-electron chi connectivity index (χ3n) is 1.82. The zero-order valence-electron chi connectivity index (χ0n) is 8.62. The molecular formula is C9H19O4P. The molecule has 0 fully saturated rings. The number of rotatable bonds is 8. The van der Waals surface area contributed by atoms with Crippen LogP contribution in [0.15, 0.2) is 0 Å². The van der Waals surface area contributed by atoms with E-state index in [0.29, 0.717) is 19.2 Å². The van der Waals surface area contributed by atoms with Gasteiger partial charge in [-0.05, 0) is 19.8 Å². The van der Waals surface area contributed by atoms with Crippen LogP contribution in [0.2, 0.25) is 0 Å². The van der Waals surface area contributed by atoms with E-state index in [9.17, 15) is 9.36 Å². The van der Waals surface area contributed by atoms with Crippen molar-refractivity contribution in [1.82, 2.24) is 0 Å². The lowest BCUT2D eigenvalue weighted by Gasteiger charge is -2.01. The Balaban J connectivity index is 3.21. The van der Waals surface area contributed by atoms with Crippen LogP contribution in [0.25, 0.3) is 0 Å². The first-order valence-corrected chi connectivity index (χ1v) is 6.81. The lowest BCUT2D eigenvalue weighted by Crippen LogP contribution is -2.03. The number of carbonyl (C=O) groups excluding carboxylic acids is 1. The summed E-state index contributed by atoms with van der Waals surface area (Å²) in [6.07, 6.45) is 3.30. The molecule has 5 heteroatoms. The van der Waals surface area contributed by atoms with E-state index in [1.807, 2.05) is 0 Å². The minimum absolute atomic E-state index is 0.165. The van der Waals surface area contributed by atoms with Crippen LogP contribution in [-0.4, -0.2) is 30.2 Å². The quantitative estimate of drug-likeness (QED) is 0.385. The average molecular weight is 222 g/mol. The first-order valence-electron chi connectivity index (χ1n) is 4.99. The minimum atomic E-state index is -1.75. The van der Waals surface area contributed by atoms with Gasteiger partial charge in [-0.3, -0.25) is 4.79 Å². The molecule has 1 atom stereocenters. The van der Waals surface area contributed by atoms with Crippen LogP contribution in [0, 0.1) is 0 Å². The average Bonchev–Trinajstić information content (AvgIpc) is 2.17. The molecule has 14 heavy (non-hydrogen) atoms. The van der Waals surface area contributed by atoms with Crippen molar-refractivity contribution in [3.05, 3.63) is 0 Å². The van der Waals surface area contributed by atoms with Crippen molar-refractivity contribution in [3.8, 4) is 0 Å². The Bertz CT molecular complexity index is 182. The largest absolute Gasteiger partial charge is 0.466 e. The van der Waals surface area contributed by atoms with Gasteiger partial charge in [0, 0.05) is 12.6 Å². The predicted octanol–water partition coefficient (Wildman–Crippen LogP) is 1.62. The Morgan fingerprint density at radius 2 is 2.07 bits per heavy atom. The number of esters is 1. The molecule has 1 unspecified atom stereocenters. The van der Waals surface area contributed by atoms with Crippen LogP contribution in [0.5, 0.6) is 0 Å². The van der Waals surface area contributed by atoms with Gasteiger partial charge in [-0.15, -0.1) is 0 Å². The molecule has 0 aliphatic carbocycles. The van der Waals surface area contributed by atoms with Gasteiger partial charge in [0.05, 0.1) is 13.0 Å². The number of hydrogen-bond acceptors (Lipinski definition) is 4. The fourth-order valence-corrected chi connectivity index (χ4v) is 1.88. The van der Waals surface area contributed by atoms with Crippen LogP contribution < -0.4 is 0 Å². The maximum atomic E-state index is 10.9. The molecule has 0 amide bonds. The molecule has 0 aliphatic rings. The normalized spacial score (nSPS) is 12.4. The van der Waals surface area contributed by atoms with Gasteiger partial charge in [0.2, 0.25) is 0 Å². The fraction of sp³-hybridized carbons (Fsp3) is 0.889. The lowest BCUT2D eigenvalue weighted by molar-refractivity contribution is -0.143. The Labute approximate surface area is 85.4 Å². The molecule has 0 bridgehead atoms. The summed E-state index contributed by atoms with van der Waals surface area (Å²) in [4.78, 5) is 10.9. The maximum Gasteiger partial charge on any atom is 0.305 e. The molecule has 0 saturated carbocycles. The van der Waals surface area contributed by atoms with Gasteiger partial charge < -0.3 is 14.4 Å². The first kappa shape index (κ1) is 13.7. The third-order valence-corrected chi connectivity index (χ3v) is 3.08. The highest BCUT2D eigenvalue weighted by Gasteiger charge is 2.01. The van der Waals surface area contributed by atoms with Crippen molar-refractivity contribution in [2.24, 2.45) is 0 Å². The van der Waals surface area contributed by atoms with E-state index >= 15 is 0 Å². The van der Waals surface area contributed by atoms with Crippen molar-refractivity contribution in [2.75, 3.05) is 19.1 Å². The van der Waals surface area contributed by atoms with Gasteiger partial charge in [0.25, 0.3) is 0 Å². The number of aliphatic hydroxyl groups is 1. The first-order chi connectivity index (χ1) is 6.70. The minimum Gasteiger partial charge on any atom is -0.466 e. The summed E-state index contributed by atoms with van der Waals surface area (Å²) in [6.45, 7) is 2.21. The number of aliphatic hydroxyl groups excluding tert-OH is 1. The molecule has 0 aromatic heterocycles. The summed E-state index contributed by atoms with van der Waals surface area (Å²) in [7, 11) is -1.75. The van der Waals surface area contributed by atoms with Gasteiger partial charge >= 0.3 is 5.97 Å². The Morgan fingerprint density at radius 3 is 2.64 bits per heavy atom. The highest BCUT2D eigenvalue weighted by molar-refractivity contribution is 7.44. The monoisotopic (exact) mass is 222 g/mol. The standard InChI is InChI=1S/C9H19O4P/c1-2-13-9(11)6-4-3-5-7-14(12)8-10/h10,14H,2-8H2,1H3. The van der Waals surface area contributed by atoms with E-state index in [2.05, 4.69) is 0 Å². The molecule has 1 N–H and O–H groups in total. The highest BCUT2D eigenvalue weighted by atomic mass is 31.1.